The van der Waals surface area contributed by atoms with Crippen molar-refractivity contribution < 1.29 is 9.59 Å². The summed E-state index contributed by atoms with van der Waals surface area (Å²) in [6, 6.07) is 7.35. The second-order valence-electron chi connectivity index (χ2n) is 6.51. The highest BCUT2D eigenvalue weighted by molar-refractivity contribution is 5.95. The number of aromatic nitrogens is 2. The molecule has 0 saturated carbocycles. The fraction of sp³-hybridized carbons (Fsp3) is 0.421. The lowest BCUT2D eigenvalue weighted by molar-refractivity contribution is -0.116. The van der Waals surface area contributed by atoms with E-state index in [2.05, 4.69) is 20.4 Å². The van der Waals surface area contributed by atoms with Crippen LogP contribution in [0.15, 0.2) is 36.7 Å². The van der Waals surface area contributed by atoms with Gasteiger partial charge in [-0.1, -0.05) is 6.42 Å². The summed E-state index contributed by atoms with van der Waals surface area (Å²) < 4.78 is 0. The quantitative estimate of drug-likeness (QED) is 0.792. The number of hydrogen-bond donors (Lipinski definition) is 2. The van der Waals surface area contributed by atoms with Crippen LogP contribution in [0.3, 0.4) is 0 Å². The number of nitrogens with one attached hydrogen (secondary N) is 2. The summed E-state index contributed by atoms with van der Waals surface area (Å²) in [5.74, 6) is 0.0142. The summed E-state index contributed by atoms with van der Waals surface area (Å²) in [6.07, 6.45) is 7.75. The molecule has 0 bridgehead atoms. The number of nitrogens with zero attached hydrogens (tertiary/aromatic N) is 2. The minimum absolute atomic E-state index is 0.00732. The van der Waals surface area contributed by atoms with Crippen molar-refractivity contribution in [1.82, 2.24) is 15.1 Å². The highest BCUT2D eigenvalue weighted by atomic mass is 16.1. The van der Waals surface area contributed by atoms with Crippen LogP contribution in [-0.2, 0) is 4.79 Å². The molecule has 1 amide bonds. The number of rotatable bonds is 6. The van der Waals surface area contributed by atoms with Crippen molar-refractivity contribution in [1.29, 1.82) is 0 Å². The summed E-state index contributed by atoms with van der Waals surface area (Å²) in [7, 11) is 0. The second-order valence-corrected chi connectivity index (χ2v) is 6.51. The lowest BCUT2D eigenvalue weighted by Crippen LogP contribution is -2.35. The van der Waals surface area contributed by atoms with Gasteiger partial charge < -0.3 is 5.32 Å². The third-order valence-corrected chi connectivity index (χ3v) is 4.72. The topological polar surface area (TPSA) is 78.1 Å². The molecular formula is C19H24N4O2. The van der Waals surface area contributed by atoms with Crippen LogP contribution < -0.4 is 5.32 Å². The third kappa shape index (κ3) is 4.54. The third-order valence-electron chi connectivity index (χ3n) is 4.72. The Balaban J connectivity index is 1.53. The Labute approximate surface area is 147 Å². The first kappa shape index (κ1) is 17.4. The van der Waals surface area contributed by atoms with E-state index in [1.807, 2.05) is 12.4 Å². The lowest BCUT2D eigenvalue weighted by Gasteiger charge is -2.35. The second kappa shape index (κ2) is 8.07. The van der Waals surface area contributed by atoms with E-state index in [1.165, 1.54) is 25.3 Å². The Morgan fingerprint density at radius 2 is 2.08 bits per heavy atom. The van der Waals surface area contributed by atoms with E-state index in [4.69, 9.17) is 0 Å². The summed E-state index contributed by atoms with van der Waals surface area (Å²) in [6.45, 7) is 3.27. The highest BCUT2D eigenvalue weighted by Crippen LogP contribution is 2.30. The van der Waals surface area contributed by atoms with Crippen LogP contribution in [0.25, 0.3) is 0 Å². The van der Waals surface area contributed by atoms with Crippen molar-refractivity contribution in [3.05, 3.63) is 47.8 Å². The van der Waals surface area contributed by atoms with Crippen molar-refractivity contribution in [3.8, 4) is 0 Å². The van der Waals surface area contributed by atoms with Gasteiger partial charge in [0.2, 0.25) is 5.91 Å². The molecule has 2 heterocycles. The molecule has 1 aromatic heterocycles. The molecule has 1 atom stereocenters. The Kier molecular flexibility index (Phi) is 5.60. The van der Waals surface area contributed by atoms with Crippen molar-refractivity contribution in [2.24, 2.45) is 0 Å². The first-order valence-corrected chi connectivity index (χ1v) is 8.77. The average molecular weight is 340 g/mol. The van der Waals surface area contributed by atoms with E-state index < -0.39 is 0 Å². The number of hydrogen-bond acceptors (Lipinski definition) is 4. The zero-order chi connectivity index (χ0) is 17.6. The predicted molar refractivity (Wildman–Crippen MR) is 96.4 cm³/mol. The zero-order valence-corrected chi connectivity index (χ0v) is 14.5. The first-order valence-electron chi connectivity index (χ1n) is 8.77. The average Bonchev–Trinajstić information content (AvgIpc) is 3.15. The molecule has 132 valence electrons. The Morgan fingerprint density at radius 3 is 2.76 bits per heavy atom. The molecule has 1 aliphatic heterocycles. The maximum atomic E-state index is 12.2. The number of aromatic amines is 1. The molecule has 2 N–H and O–H groups in total. The van der Waals surface area contributed by atoms with Gasteiger partial charge in [0.1, 0.15) is 0 Å². The standard InChI is InChI=1S/C19H24N4O2/c1-14(24)15-5-7-17(8-6-15)22-19(25)9-11-23-10-3-2-4-18(23)16-12-20-21-13-16/h5-8,12-13,18H,2-4,9-11H2,1H3,(H,20,21)(H,22,25)/t18-/m1/s1. The number of carbonyl (C=O) groups excluding carboxylic acids is 2. The van der Waals surface area contributed by atoms with E-state index in [1.54, 1.807) is 24.3 Å². The molecule has 0 unspecified atom stereocenters. The van der Waals surface area contributed by atoms with Gasteiger partial charge in [0.25, 0.3) is 0 Å². The van der Waals surface area contributed by atoms with E-state index in [9.17, 15) is 9.59 Å². The van der Waals surface area contributed by atoms with Gasteiger partial charge in [-0.3, -0.25) is 19.6 Å². The molecule has 25 heavy (non-hydrogen) atoms. The van der Waals surface area contributed by atoms with Crippen LogP contribution in [0.4, 0.5) is 5.69 Å². The Morgan fingerprint density at radius 1 is 1.28 bits per heavy atom. The van der Waals surface area contributed by atoms with Gasteiger partial charge in [-0.25, -0.2) is 0 Å². The fourth-order valence-corrected chi connectivity index (χ4v) is 3.34. The van der Waals surface area contributed by atoms with Crippen LogP contribution in [0.2, 0.25) is 0 Å². The van der Waals surface area contributed by atoms with Crippen LogP contribution in [0.1, 0.15) is 54.6 Å². The van der Waals surface area contributed by atoms with Crippen LogP contribution >= 0.6 is 0 Å². The van der Waals surface area contributed by atoms with Gasteiger partial charge in [0.05, 0.1) is 6.20 Å². The Bertz CT molecular complexity index is 710. The number of benzene rings is 1. The van der Waals surface area contributed by atoms with Crippen LogP contribution in [-0.4, -0.2) is 39.9 Å². The number of ketones is 1. The van der Waals surface area contributed by atoms with Crippen LogP contribution in [0, 0.1) is 0 Å². The molecule has 2 aromatic rings. The van der Waals surface area contributed by atoms with E-state index in [0.29, 0.717) is 18.0 Å². The van der Waals surface area contributed by atoms with Crippen LogP contribution in [0.5, 0.6) is 0 Å². The largest absolute Gasteiger partial charge is 0.326 e. The zero-order valence-electron chi connectivity index (χ0n) is 14.5. The molecule has 6 nitrogen and oxygen atoms in total. The number of likely N-dealkylation sites (tertiary alicyclic amines) is 1. The molecular weight excluding hydrogens is 316 g/mol. The number of Topliss-reactive ketones (excluding diaryl/α,β-unsaturated/α-hetero) is 1. The SMILES string of the molecule is CC(=O)c1ccc(NC(=O)CCN2CCCC[C@@H]2c2cn[nH]c2)cc1. The molecule has 0 aliphatic carbocycles. The molecule has 6 heteroatoms. The highest BCUT2D eigenvalue weighted by Gasteiger charge is 2.24. The van der Waals surface area contributed by atoms with Gasteiger partial charge in [0.15, 0.2) is 5.78 Å². The fourth-order valence-electron chi connectivity index (χ4n) is 3.34. The predicted octanol–water partition coefficient (Wildman–Crippen LogP) is 3.17. The van der Waals surface area contributed by atoms with Gasteiger partial charge in [0, 0.05) is 42.0 Å². The summed E-state index contributed by atoms with van der Waals surface area (Å²) >= 11 is 0. The molecule has 0 radical (unpaired) electrons. The van der Waals surface area contributed by atoms with Gasteiger partial charge >= 0.3 is 0 Å². The van der Waals surface area contributed by atoms with Crippen molar-refractivity contribution >= 4 is 17.4 Å². The molecule has 1 aromatic carbocycles. The molecule has 0 spiro atoms. The minimum Gasteiger partial charge on any atom is -0.326 e. The van der Waals surface area contributed by atoms with E-state index in [-0.39, 0.29) is 11.7 Å². The van der Waals surface area contributed by atoms with E-state index >= 15 is 0 Å². The lowest BCUT2D eigenvalue weighted by atomic mass is 9.97. The summed E-state index contributed by atoms with van der Waals surface area (Å²) in [5, 5.41) is 9.83. The monoisotopic (exact) mass is 340 g/mol. The minimum atomic E-state index is -0.00732. The maximum absolute atomic E-state index is 12.2. The van der Waals surface area contributed by atoms with Crippen molar-refractivity contribution in [3.63, 3.8) is 0 Å². The van der Waals surface area contributed by atoms with Crippen molar-refractivity contribution in [2.45, 2.75) is 38.6 Å². The smallest absolute Gasteiger partial charge is 0.225 e. The summed E-state index contributed by atoms with van der Waals surface area (Å²) in [5.41, 5.74) is 2.56. The van der Waals surface area contributed by atoms with Gasteiger partial charge in [-0.05, 0) is 50.6 Å². The summed E-state index contributed by atoms with van der Waals surface area (Å²) in [4.78, 5) is 25.9. The normalized spacial score (nSPS) is 18.0. The number of anilines is 1. The maximum Gasteiger partial charge on any atom is 0.225 e. The first-order chi connectivity index (χ1) is 12.1. The number of amides is 1. The van der Waals surface area contributed by atoms with Gasteiger partial charge in [-0.2, -0.15) is 5.10 Å². The number of piperidine rings is 1. The molecule has 1 fully saturated rings. The molecule has 1 aliphatic rings. The van der Waals surface area contributed by atoms with Crippen molar-refractivity contribution in [2.75, 3.05) is 18.4 Å². The number of H-pyrrole nitrogens is 1. The number of carbonyl (C=O) groups is 2. The van der Waals surface area contributed by atoms with Gasteiger partial charge in [-0.15, -0.1) is 0 Å². The Hall–Kier alpha value is -2.47. The van der Waals surface area contributed by atoms with E-state index in [0.717, 1.165) is 25.2 Å². The molecule has 3 rings (SSSR count). The molecule has 1 saturated heterocycles.